The zero-order valence-electron chi connectivity index (χ0n) is 9.91. The van der Waals surface area contributed by atoms with Gasteiger partial charge < -0.3 is 15.2 Å². The fraction of sp³-hybridized carbons (Fsp3) is 0.917. The summed E-state index contributed by atoms with van der Waals surface area (Å²) in [6, 6.07) is 0. The van der Waals surface area contributed by atoms with Crippen molar-refractivity contribution in [3.8, 4) is 0 Å². The molecule has 0 radical (unpaired) electrons. The van der Waals surface area contributed by atoms with E-state index in [0.717, 1.165) is 45.6 Å². The normalized spacial score (nSPS) is 20.9. The van der Waals surface area contributed by atoms with E-state index in [1.54, 1.807) is 0 Å². The van der Waals surface area contributed by atoms with Crippen LogP contribution in [0.1, 0.15) is 38.5 Å². The number of rotatable bonds is 8. The van der Waals surface area contributed by atoms with Gasteiger partial charge in [-0.2, -0.15) is 0 Å². The van der Waals surface area contributed by atoms with Crippen LogP contribution < -0.4 is 5.32 Å². The quantitative estimate of drug-likeness (QED) is 0.621. The van der Waals surface area contributed by atoms with Crippen LogP contribution in [-0.4, -0.2) is 37.4 Å². The number of carbonyl (C=O) groups is 1. The van der Waals surface area contributed by atoms with Gasteiger partial charge in [0.1, 0.15) is 0 Å². The van der Waals surface area contributed by atoms with E-state index in [9.17, 15) is 4.79 Å². The maximum atomic E-state index is 10.3. The summed E-state index contributed by atoms with van der Waals surface area (Å²) in [7, 11) is 0. The Balaban J connectivity index is 1.82. The summed E-state index contributed by atoms with van der Waals surface area (Å²) in [5.74, 6) is -0.0260. The molecule has 0 spiro atoms. The van der Waals surface area contributed by atoms with Crippen LogP contribution in [0.25, 0.3) is 0 Å². The van der Waals surface area contributed by atoms with Crippen LogP contribution in [0, 0.1) is 5.92 Å². The van der Waals surface area contributed by atoms with Gasteiger partial charge in [-0.3, -0.25) is 4.79 Å². The van der Waals surface area contributed by atoms with Gasteiger partial charge in [0.2, 0.25) is 0 Å². The van der Waals surface area contributed by atoms with Crippen molar-refractivity contribution >= 4 is 5.97 Å². The van der Waals surface area contributed by atoms with Crippen LogP contribution in [0.2, 0.25) is 0 Å². The molecule has 0 aromatic heterocycles. The lowest BCUT2D eigenvalue weighted by molar-refractivity contribution is -0.137. The third-order valence-corrected chi connectivity index (χ3v) is 2.93. The Labute approximate surface area is 97.4 Å². The highest BCUT2D eigenvalue weighted by molar-refractivity contribution is 5.66. The van der Waals surface area contributed by atoms with Crippen molar-refractivity contribution in [3.63, 3.8) is 0 Å². The van der Waals surface area contributed by atoms with E-state index in [1.807, 2.05) is 0 Å². The van der Waals surface area contributed by atoms with Crippen molar-refractivity contribution in [2.24, 2.45) is 5.92 Å². The molecule has 2 N–H and O–H groups in total. The highest BCUT2D eigenvalue weighted by Crippen LogP contribution is 2.10. The molecule has 1 saturated heterocycles. The van der Waals surface area contributed by atoms with Gasteiger partial charge in [0.05, 0.1) is 6.61 Å². The minimum Gasteiger partial charge on any atom is -0.481 e. The summed E-state index contributed by atoms with van der Waals surface area (Å²) in [5.41, 5.74) is 0. The molecule has 0 bridgehead atoms. The number of nitrogens with one attached hydrogen (secondary N) is 1. The summed E-state index contributed by atoms with van der Waals surface area (Å²) in [5, 5.41) is 11.8. The number of carboxylic acids is 1. The van der Waals surface area contributed by atoms with Gasteiger partial charge in [0.25, 0.3) is 0 Å². The van der Waals surface area contributed by atoms with E-state index in [0.29, 0.717) is 5.92 Å². The second-order valence-electron chi connectivity index (χ2n) is 4.49. The minimum absolute atomic E-state index is 0.284. The lowest BCUT2D eigenvalue weighted by Crippen LogP contribution is -2.32. The van der Waals surface area contributed by atoms with E-state index in [2.05, 4.69) is 5.32 Å². The van der Waals surface area contributed by atoms with Crippen molar-refractivity contribution in [2.45, 2.75) is 38.5 Å². The Morgan fingerprint density at radius 2 is 2.25 bits per heavy atom. The van der Waals surface area contributed by atoms with E-state index < -0.39 is 5.97 Å². The highest BCUT2D eigenvalue weighted by atomic mass is 16.5. The first-order valence-electron chi connectivity index (χ1n) is 6.29. The molecule has 0 aliphatic carbocycles. The van der Waals surface area contributed by atoms with Crippen molar-refractivity contribution in [2.75, 3.05) is 26.3 Å². The number of unbranched alkanes of at least 4 members (excludes halogenated alkanes) is 2. The topological polar surface area (TPSA) is 58.6 Å². The van der Waals surface area contributed by atoms with E-state index in [-0.39, 0.29) is 6.42 Å². The molecule has 4 heteroatoms. The van der Waals surface area contributed by atoms with Crippen LogP contribution >= 0.6 is 0 Å². The number of ether oxygens (including phenoxy) is 1. The Bertz CT molecular complexity index is 191. The number of aliphatic carboxylic acids is 1. The molecule has 0 aromatic rings. The first kappa shape index (κ1) is 13.5. The van der Waals surface area contributed by atoms with Crippen LogP contribution in [-0.2, 0) is 9.53 Å². The average molecular weight is 229 g/mol. The van der Waals surface area contributed by atoms with Gasteiger partial charge in [0, 0.05) is 19.6 Å². The van der Waals surface area contributed by atoms with Crippen molar-refractivity contribution in [1.82, 2.24) is 5.32 Å². The standard InChI is InChI=1S/C12H23NO3/c14-12(15)6-2-1-3-8-16-10-11-5-4-7-13-9-11/h11,13H,1-10H2,(H,14,15). The van der Waals surface area contributed by atoms with Crippen molar-refractivity contribution < 1.29 is 14.6 Å². The monoisotopic (exact) mass is 229 g/mol. The predicted octanol–water partition coefficient (Wildman–Crippen LogP) is 1.65. The fourth-order valence-electron chi connectivity index (χ4n) is 1.97. The summed E-state index contributed by atoms with van der Waals surface area (Å²) < 4.78 is 5.59. The number of hydrogen-bond acceptors (Lipinski definition) is 3. The van der Waals surface area contributed by atoms with Gasteiger partial charge in [-0.15, -0.1) is 0 Å². The van der Waals surface area contributed by atoms with E-state index in [1.165, 1.54) is 12.8 Å². The largest absolute Gasteiger partial charge is 0.481 e. The smallest absolute Gasteiger partial charge is 0.303 e. The molecule has 1 atom stereocenters. The molecule has 0 aromatic carbocycles. The molecule has 94 valence electrons. The third kappa shape index (κ3) is 6.80. The van der Waals surface area contributed by atoms with Crippen LogP contribution in [0.3, 0.4) is 0 Å². The van der Waals surface area contributed by atoms with Gasteiger partial charge in [0.15, 0.2) is 0 Å². The Morgan fingerprint density at radius 1 is 1.38 bits per heavy atom. The molecule has 1 rings (SSSR count). The van der Waals surface area contributed by atoms with Gasteiger partial charge in [-0.1, -0.05) is 6.42 Å². The summed E-state index contributed by atoms with van der Waals surface area (Å²) in [6.45, 7) is 3.85. The Kier molecular flexibility index (Phi) is 7.17. The maximum Gasteiger partial charge on any atom is 0.303 e. The number of carboxylic acid groups (broad SMARTS) is 1. The molecule has 0 amide bonds. The first-order chi connectivity index (χ1) is 7.79. The second kappa shape index (κ2) is 8.53. The first-order valence-corrected chi connectivity index (χ1v) is 6.29. The molecular weight excluding hydrogens is 206 g/mol. The SMILES string of the molecule is O=C(O)CCCCCOCC1CCCNC1. The average Bonchev–Trinajstić information content (AvgIpc) is 2.29. The molecule has 0 saturated carbocycles. The Hall–Kier alpha value is -0.610. The Morgan fingerprint density at radius 3 is 2.94 bits per heavy atom. The van der Waals surface area contributed by atoms with Crippen molar-refractivity contribution in [3.05, 3.63) is 0 Å². The number of hydrogen-bond donors (Lipinski definition) is 2. The molecule has 1 heterocycles. The van der Waals surface area contributed by atoms with Crippen LogP contribution in [0.15, 0.2) is 0 Å². The lowest BCUT2D eigenvalue weighted by Gasteiger charge is -2.22. The zero-order chi connectivity index (χ0) is 11.6. The second-order valence-corrected chi connectivity index (χ2v) is 4.49. The molecule has 1 aliphatic heterocycles. The summed E-state index contributed by atoms with van der Waals surface area (Å²) in [6.07, 6.45) is 5.51. The molecule has 1 unspecified atom stereocenters. The molecule has 1 fully saturated rings. The van der Waals surface area contributed by atoms with Crippen LogP contribution in [0.5, 0.6) is 0 Å². The molecule has 16 heavy (non-hydrogen) atoms. The van der Waals surface area contributed by atoms with Gasteiger partial charge >= 0.3 is 5.97 Å². The molecule has 1 aliphatic rings. The van der Waals surface area contributed by atoms with Crippen molar-refractivity contribution in [1.29, 1.82) is 0 Å². The molecular formula is C12H23NO3. The maximum absolute atomic E-state index is 10.3. The van der Waals surface area contributed by atoms with E-state index >= 15 is 0 Å². The minimum atomic E-state index is -0.700. The van der Waals surface area contributed by atoms with Gasteiger partial charge in [-0.25, -0.2) is 0 Å². The third-order valence-electron chi connectivity index (χ3n) is 2.93. The van der Waals surface area contributed by atoms with E-state index in [4.69, 9.17) is 9.84 Å². The zero-order valence-corrected chi connectivity index (χ0v) is 9.91. The van der Waals surface area contributed by atoms with Crippen LogP contribution in [0.4, 0.5) is 0 Å². The summed E-state index contributed by atoms with van der Waals surface area (Å²) in [4.78, 5) is 10.3. The van der Waals surface area contributed by atoms with Gasteiger partial charge in [-0.05, 0) is 38.1 Å². The fourth-order valence-corrected chi connectivity index (χ4v) is 1.97. The lowest BCUT2D eigenvalue weighted by atomic mass is 10.0. The predicted molar refractivity (Wildman–Crippen MR) is 62.5 cm³/mol. The highest BCUT2D eigenvalue weighted by Gasteiger charge is 2.12. The number of piperidine rings is 1. The summed E-state index contributed by atoms with van der Waals surface area (Å²) >= 11 is 0. The molecule has 4 nitrogen and oxygen atoms in total.